The zero-order valence-electron chi connectivity index (χ0n) is 13.4. The Balaban J connectivity index is 1.60. The monoisotopic (exact) mass is 303 g/mol. The lowest BCUT2D eigenvalue weighted by molar-refractivity contribution is 0.890. The van der Waals surface area contributed by atoms with Crippen molar-refractivity contribution in [1.29, 1.82) is 0 Å². The molecule has 116 valence electrons. The van der Waals surface area contributed by atoms with Crippen LogP contribution < -0.4 is 5.32 Å². The van der Waals surface area contributed by atoms with Gasteiger partial charge in [0.05, 0.1) is 0 Å². The largest absolute Gasteiger partial charge is 0.350 e. The van der Waals surface area contributed by atoms with Gasteiger partial charge in [-0.1, -0.05) is 54.6 Å². The summed E-state index contributed by atoms with van der Waals surface area (Å²) in [5.74, 6) is 0.691. The maximum absolute atomic E-state index is 4.61. The molecule has 0 unspecified atom stereocenters. The molecule has 0 radical (unpaired) electrons. The predicted octanol–water partition coefficient (Wildman–Crippen LogP) is 4.18. The second kappa shape index (κ2) is 7.54. The molecular formula is C20H21N3. The maximum atomic E-state index is 4.61. The van der Waals surface area contributed by atoms with Gasteiger partial charge in [-0.3, -0.25) is 0 Å². The van der Waals surface area contributed by atoms with Gasteiger partial charge in [0, 0.05) is 18.4 Å². The molecule has 3 heteroatoms. The van der Waals surface area contributed by atoms with Crippen molar-refractivity contribution in [2.24, 2.45) is 0 Å². The molecule has 0 aliphatic rings. The molecule has 0 amide bonds. The molecule has 1 aromatic heterocycles. The standard InChI is InChI=1S/C20H21N3/c1-16-7-5-6-10-18(16)11-12-19-13-14-21-20(23-19)22-15-17-8-3-2-4-9-17/h2-10,13-14H,11-12,15H2,1H3,(H,21,22,23). The maximum Gasteiger partial charge on any atom is 0.223 e. The van der Waals surface area contributed by atoms with E-state index in [2.05, 4.69) is 58.6 Å². The number of hydrogen-bond acceptors (Lipinski definition) is 3. The minimum Gasteiger partial charge on any atom is -0.350 e. The number of hydrogen-bond donors (Lipinski definition) is 1. The van der Waals surface area contributed by atoms with Crippen LogP contribution in [-0.2, 0) is 19.4 Å². The van der Waals surface area contributed by atoms with Crippen LogP contribution in [0.25, 0.3) is 0 Å². The van der Waals surface area contributed by atoms with Crippen LogP contribution in [0.15, 0.2) is 66.9 Å². The van der Waals surface area contributed by atoms with Crippen molar-refractivity contribution in [2.75, 3.05) is 5.32 Å². The third kappa shape index (κ3) is 4.39. The summed E-state index contributed by atoms with van der Waals surface area (Å²) in [6.45, 7) is 2.89. The molecule has 0 aliphatic heterocycles. The molecule has 0 spiro atoms. The SMILES string of the molecule is Cc1ccccc1CCc1ccnc(NCc2ccccc2)n1. The molecule has 3 aromatic rings. The highest BCUT2D eigenvalue weighted by Crippen LogP contribution is 2.11. The summed E-state index contributed by atoms with van der Waals surface area (Å²) in [5, 5.41) is 3.29. The van der Waals surface area contributed by atoms with E-state index in [-0.39, 0.29) is 0 Å². The van der Waals surface area contributed by atoms with Gasteiger partial charge in [-0.25, -0.2) is 9.97 Å². The molecule has 0 bridgehead atoms. The van der Waals surface area contributed by atoms with E-state index in [4.69, 9.17) is 0 Å². The number of nitrogens with zero attached hydrogens (tertiary/aromatic N) is 2. The van der Waals surface area contributed by atoms with E-state index in [0.717, 1.165) is 25.1 Å². The Bertz CT molecular complexity index is 754. The molecule has 0 atom stereocenters. The highest BCUT2D eigenvalue weighted by molar-refractivity contribution is 5.30. The average molecular weight is 303 g/mol. The van der Waals surface area contributed by atoms with Gasteiger partial charge >= 0.3 is 0 Å². The van der Waals surface area contributed by atoms with E-state index < -0.39 is 0 Å². The van der Waals surface area contributed by atoms with Crippen LogP contribution in [-0.4, -0.2) is 9.97 Å². The molecule has 1 N–H and O–H groups in total. The zero-order valence-corrected chi connectivity index (χ0v) is 13.4. The summed E-state index contributed by atoms with van der Waals surface area (Å²) in [6.07, 6.45) is 3.75. The molecule has 0 aliphatic carbocycles. The summed E-state index contributed by atoms with van der Waals surface area (Å²) in [6, 6.07) is 20.8. The Labute approximate surface area is 137 Å². The number of nitrogens with one attached hydrogen (secondary N) is 1. The van der Waals surface area contributed by atoms with Gasteiger partial charge in [0.2, 0.25) is 5.95 Å². The van der Waals surface area contributed by atoms with Crippen LogP contribution in [0, 0.1) is 6.92 Å². The number of rotatable bonds is 6. The van der Waals surface area contributed by atoms with E-state index in [1.165, 1.54) is 16.7 Å². The minimum absolute atomic E-state index is 0.691. The van der Waals surface area contributed by atoms with E-state index in [9.17, 15) is 0 Å². The van der Waals surface area contributed by atoms with E-state index in [0.29, 0.717) is 5.95 Å². The third-order valence-electron chi connectivity index (χ3n) is 3.92. The average Bonchev–Trinajstić information content (AvgIpc) is 2.61. The van der Waals surface area contributed by atoms with E-state index in [1.54, 1.807) is 0 Å². The van der Waals surface area contributed by atoms with Crippen LogP contribution in [0.5, 0.6) is 0 Å². The first-order valence-corrected chi connectivity index (χ1v) is 7.95. The van der Waals surface area contributed by atoms with E-state index >= 15 is 0 Å². The molecule has 3 nitrogen and oxygen atoms in total. The first-order chi connectivity index (χ1) is 11.3. The molecular weight excluding hydrogens is 282 g/mol. The highest BCUT2D eigenvalue weighted by atomic mass is 15.1. The van der Waals surface area contributed by atoms with Crippen LogP contribution in [0.3, 0.4) is 0 Å². The van der Waals surface area contributed by atoms with Crippen molar-refractivity contribution in [1.82, 2.24) is 9.97 Å². The fourth-order valence-electron chi connectivity index (χ4n) is 2.55. The van der Waals surface area contributed by atoms with Crippen molar-refractivity contribution >= 4 is 5.95 Å². The smallest absolute Gasteiger partial charge is 0.223 e. The van der Waals surface area contributed by atoms with Gasteiger partial charge < -0.3 is 5.32 Å². The normalized spacial score (nSPS) is 10.5. The number of aryl methyl sites for hydroxylation is 3. The van der Waals surface area contributed by atoms with Crippen LogP contribution >= 0.6 is 0 Å². The van der Waals surface area contributed by atoms with Crippen molar-refractivity contribution in [3.63, 3.8) is 0 Å². The zero-order chi connectivity index (χ0) is 15.9. The summed E-state index contributed by atoms with van der Waals surface area (Å²) in [4.78, 5) is 8.92. The second-order valence-corrected chi connectivity index (χ2v) is 5.64. The van der Waals surface area contributed by atoms with Gasteiger partial charge in [0.15, 0.2) is 0 Å². The lowest BCUT2D eigenvalue weighted by Gasteiger charge is -2.08. The summed E-state index contributed by atoms with van der Waals surface area (Å²) >= 11 is 0. The molecule has 2 aromatic carbocycles. The molecule has 0 saturated heterocycles. The Morgan fingerprint density at radius 3 is 2.48 bits per heavy atom. The topological polar surface area (TPSA) is 37.8 Å². The number of aromatic nitrogens is 2. The minimum atomic E-state index is 0.691. The first-order valence-electron chi connectivity index (χ1n) is 7.95. The predicted molar refractivity (Wildman–Crippen MR) is 94.4 cm³/mol. The molecule has 3 rings (SSSR count). The number of anilines is 1. The van der Waals surface area contributed by atoms with E-state index in [1.807, 2.05) is 30.5 Å². The summed E-state index contributed by atoms with van der Waals surface area (Å²) < 4.78 is 0. The molecule has 23 heavy (non-hydrogen) atoms. The lowest BCUT2D eigenvalue weighted by Crippen LogP contribution is -2.05. The first kappa shape index (κ1) is 15.2. The van der Waals surface area contributed by atoms with Crippen LogP contribution in [0.2, 0.25) is 0 Å². The fraction of sp³-hybridized carbons (Fsp3) is 0.200. The molecule has 1 heterocycles. The van der Waals surface area contributed by atoms with Gasteiger partial charge in [-0.15, -0.1) is 0 Å². The second-order valence-electron chi connectivity index (χ2n) is 5.64. The van der Waals surface area contributed by atoms with Crippen molar-refractivity contribution in [3.8, 4) is 0 Å². The van der Waals surface area contributed by atoms with Crippen LogP contribution in [0.1, 0.15) is 22.4 Å². The molecule has 0 saturated carbocycles. The summed E-state index contributed by atoms with van der Waals surface area (Å²) in [5.41, 5.74) is 5.01. The Kier molecular flexibility index (Phi) is 4.99. The third-order valence-corrected chi connectivity index (χ3v) is 3.92. The Hall–Kier alpha value is -2.68. The van der Waals surface area contributed by atoms with Gasteiger partial charge in [0.1, 0.15) is 0 Å². The van der Waals surface area contributed by atoms with Gasteiger partial charge in [0.25, 0.3) is 0 Å². The van der Waals surface area contributed by atoms with Crippen molar-refractivity contribution < 1.29 is 0 Å². The van der Waals surface area contributed by atoms with Crippen LogP contribution in [0.4, 0.5) is 5.95 Å². The summed E-state index contributed by atoms with van der Waals surface area (Å²) in [7, 11) is 0. The lowest BCUT2D eigenvalue weighted by atomic mass is 10.0. The number of benzene rings is 2. The highest BCUT2D eigenvalue weighted by Gasteiger charge is 2.02. The Morgan fingerprint density at radius 1 is 0.870 bits per heavy atom. The Morgan fingerprint density at radius 2 is 1.65 bits per heavy atom. The molecule has 0 fully saturated rings. The van der Waals surface area contributed by atoms with Gasteiger partial charge in [-0.05, 0) is 42.5 Å². The van der Waals surface area contributed by atoms with Crippen molar-refractivity contribution in [3.05, 3.63) is 89.2 Å². The quantitative estimate of drug-likeness (QED) is 0.742. The van der Waals surface area contributed by atoms with Gasteiger partial charge in [-0.2, -0.15) is 0 Å². The van der Waals surface area contributed by atoms with Crippen molar-refractivity contribution in [2.45, 2.75) is 26.3 Å². The fourth-order valence-corrected chi connectivity index (χ4v) is 2.55.